The van der Waals surface area contributed by atoms with Crippen molar-refractivity contribution in [1.29, 1.82) is 0 Å². The minimum atomic E-state index is -0.358. The van der Waals surface area contributed by atoms with E-state index in [1.807, 2.05) is 12.1 Å². The van der Waals surface area contributed by atoms with Crippen molar-refractivity contribution in [3.05, 3.63) is 29.8 Å². The van der Waals surface area contributed by atoms with Gasteiger partial charge >= 0.3 is 57.4 Å². The number of carbonyl (C=O) groups excluding carboxylic acids is 1. The quantitative estimate of drug-likeness (QED) is 0.0704. The Labute approximate surface area is 300 Å². The van der Waals surface area contributed by atoms with E-state index in [1.54, 1.807) is 19.2 Å². The molecule has 0 amide bonds. The zero-order chi connectivity index (χ0) is 30.2. The fraction of sp³-hybridized carbons (Fsp3) is 0.767. The first kappa shape index (κ1) is 42.8. The maximum absolute atomic E-state index is 12.1. The van der Waals surface area contributed by atoms with E-state index in [9.17, 15) is 4.79 Å². The van der Waals surface area contributed by atoms with Crippen LogP contribution in [0.25, 0.3) is 0 Å². The van der Waals surface area contributed by atoms with Crippen LogP contribution in [0.2, 0.25) is 0 Å². The molecule has 0 saturated heterocycles. The number of benzene rings is 1. The number of methoxy groups -OCH3 is 1. The van der Waals surface area contributed by atoms with Crippen LogP contribution >= 0.6 is 0 Å². The molecule has 0 bridgehead atoms. The molecule has 1 aromatic rings. The van der Waals surface area contributed by atoms with Crippen LogP contribution in [0.1, 0.15) is 30.1 Å². The zero-order valence-electron chi connectivity index (χ0n) is 25.6. The summed E-state index contributed by atoms with van der Waals surface area (Å²) in [5.41, 5.74) is 1.52. The molecule has 43 heavy (non-hydrogen) atoms. The third-order valence-electron chi connectivity index (χ3n) is 5.48. The van der Waals surface area contributed by atoms with Crippen molar-refractivity contribution in [2.45, 2.75) is 19.8 Å². The molecule has 1 aromatic carbocycles. The standard InChI is InChI=1S/C30H53NO11.K.H/c1-3-4-9-31-29-7-5-28(6-8-29)30(32)42-27-26-41-25-24-40-23-22-39-21-20-38-19-18-37-17-16-36-15-14-35-13-12-34-11-10-33-2;;/h5-8,31H,3-4,9-27H2,1-2H3;;. The van der Waals surface area contributed by atoms with Crippen LogP contribution in [0, 0.1) is 0 Å². The Morgan fingerprint density at radius 3 is 1.26 bits per heavy atom. The second-order valence-electron chi connectivity index (χ2n) is 8.89. The molecule has 12 nitrogen and oxygen atoms in total. The number of hydrogen-bond donors (Lipinski definition) is 1. The summed E-state index contributed by atoms with van der Waals surface area (Å²) in [5, 5.41) is 3.32. The first-order valence-electron chi connectivity index (χ1n) is 14.9. The number of esters is 1. The molecule has 0 aliphatic rings. The summed E-state index contributed by atoms with van der Waals surface area (Å²) >= 11 is 0. The molecule has 0 atom stereocenters. The van der Waals surface area contributed by atoms with Gasteiger partial charge in [0.05, 0.1) is 118 Å². The Morgan fingerprint density at radius 1 is 0.558 bits per heavy atom. The number of rotatable bonds is 32. The van der Waals surface area contributed by atoms with Gasteiger partial charge in [-0.2, -0.15) is 0 Å². The molecule has 0 unspecified atom stereocenters. The Morgan fingerprint density at radius 2 is 0.907 bits per heavy atom. The number of unbranched alkanes of at least 4 members (excludes halogenated alkanes) is 1. The van der Waals surface area contributed by atoms with Gasteiger partial charge in [-0.05, 0) is 30.7 Å². The Kier molecular flexibility index (Phi) is 34.4. The van der Waals surface area contributed by atoms with Crippen molar-refractivity contribution in [1.82, 2.24) is 0 Å². The average molecular weight is 644 g/mol. The second-order valence-corrected chi connectivity index (χ2v) is 8.89. The van der Waals surface area contributed by atoms with E-state index >= 15 is 0 Å². The van der Waals surface area contributed by atoms with Crippen LogP contribution in [0.4, 0.5) is 5.69 Å². The van der Waals surface area contributed by atoms with Gasteiger partial charge < -0.3 is 52.7 Å². The van der Waals surface area contributed by atoms with Crippen LogP contribution in [-0.2, 0) is 47.4 Å². The molecule has 0 spiro atoms. The molecular weight excluding hydrogens is 589 g/mol. The maximum atomic E-state index is 12.1. The molecule has 0 aromatic heterocycles. The zero-order valence-corrected chi connectivity index (χ0v) is 25.6. The van der Waals surface area contributed by atoms with Crippen LogP contribution in [0.5, 0.6) is 0 Å². The molecule has 0 radical (unpaired) electrons. The fourth-order valence-corrected chi connectivity index (χ4v) is 3.19. The SMILES string of the molecule is CCCCNc1ccc(C(=O)OCCOCCOCCOCCOCCOCCOCCOCCOCCOC)cc1.[KH]. The predicted octanol–water partition coefficient (Wildman–Crippen LogP) is 2.19. The van der Waals surface area contributed by atoms with Gasteiger partial charge in [0.25, 0.3) is 0 Å². The molecule has 0 saturated carbocycles. The molecule has 1 N–H and O–H groups in total. The Hall–Kier alpha value is -0.234. The van der Waals surface area contributed by atoms with Gasteiger partial charge in [-0.25, -0.2) is 4.79 Å². The summed E-state index contributed by atoms with van der Waals surface area (Å²) in [6.45, 7) is 11.7. The second kappa shape index (κ2) is 34.6. The number of ether oxygens (including phenoxy) is 10. The molecule has 0 aliphatic carbocycles. The van der Waals surface area contributed by atoms with Gasteiger partial charge in [0.2, 0.25) is 0 Å². The van der Waals surface area contributed by atoms with E-state index in [0.717, 1.165) is 25.1 Å². The average Bonchev–Trinajstić information content (AvgIpc) is 3.01. The predicted molar refractivity (Wildman–Crippen MR) is 166 cm³/mol. The van der Waals surface area contributed by atoms with E-state index < -0.39 is 0 Å². The molecule has 246 valence electrons. The van der Waals surface area contributed by atoms with Crippen LogP contribution in [0.3, 0.4) is 0 Å². The summed E-state index contributed by atoms with van der Waals surface area (Å²) < 4.78 is 53.5. The number of carbonyl (C=O) groups is 1. The van der Waals surface area contributed by atoms with Crippen molar-refractivity contribution in [2.75, 3.05) is 138 Å². The van der Waals surface area contributed by atoms with Crippen LogP contribution in [-0.4, -0.2) is 190 Å². The van der Waals surface area contributed by atoms with Crippen LogP contribution in [0.15, 0.2) is 24.3 Å². The van der Waals surface area contributed by atoms with E-state index in [0.29, 0.717) is 118 Å². The number of nitrogens with one attached hydrogen (secondary N) is 1. The van der Waals surface area contributed by atoms with Crippen molar-refractivity contribution >= 4 is 63.0 Å². The third kappa shape index (κ3) is 28.9. The molecule has 0 aliphatic heterocycles. The van der Waals surface area contributed by atoms with Crippen molar-refractivity contribution < 1.29 is 52.2 Å². The van der Waals surface area contributed by atoms with Crippen LogP contribution < -0.4 is 5.32 Å². The molecule has 13 heteroatoms. The molecule has 1 rings (SSSR count). The first-order chi connectivity index (χ1) is 20.8. The van der Waals surface area contributed by atoms with Gasteiger partial charge in [0.15, 0.2) is 0 Å². The molecule has 0 fully saturated rings. The topological polar surface area (TPSA) is 121 Å². The van der Waals surface area contributed by atoms with Gasteiger partial charge in [-0.3, -0.25) is 0 Å². The van der Waals surface area contributed by atoms with Gasteiger partial charge in [0, 0.05) is 19.3 Å². The fourth-order valence-electron chi connectivity index (χ4n) is 3.19. The third-order valence-corrected chi connectivity index (χ3v) is 5.48. The summed E-state index contributed by atoms with van der Waals surface area (Å²) in [5.74, 6) is -0.358. The number of hydrogen-bond acceptors (Lipinski definition) is 12. The van der Waals surface area contributed by atoms with E-state index in [1.165, 1.54) is 0 Å². The Bertz CT molecular complexity index is 716. The summed E-state index contributed by atoms with van der Waals surface area (Å²) in [4.78, 5) is 12.1. The molecule has 0 heterocycles. The van der Waals surface area contributed by atoms with Crippen molar-refractivity contribution in [3.8, 4) is 0 Å². The van der Waals surface area contributed by atoms with Gasteiger partial charge in [-0.15, -0.1) is 0 Å². The normalized spacial score (nSPS) is 10.9. The summed E-state index contributed by atoms with van der Waals surface area (Å²) in [6.07, 6.45) is 2.25. The summed E-state index contributed by atoms with van der Waals surface area (Å²) in [6, 6.07) is 7.29. The van der Waals surface area contributed by atoms with E-state index in [-0.39, 0.29) is 64.0 Å². The van der Waals surface area contributed by atoms with E-state index in [2.05, 4.69) is 12.2 Å². The van der Waals surface area contributed by atoms with Crippen molar-refractivity contribution in [3.63, 3.8) is 0 Å². The summed E-state index contributed by atoms with van der Waals surface area (Å²) in [7, 11) is 1.64. The van der Waals surface area contributed by atoms with E-state index in [4.69, 9.17) is 47.4 Å². The van der Waals surface area contributed by atoms with Crippen molar-refractivity contribution in [2.24, 2.45) is 0 Å². The first-order valence-corrected chi connectivity index (χ1v) is 14.9. The Balaban J connectivity index is 0.0000176. The minimum absolute atomic E-state index is 0. The number of anilines is 1. The monoisotopic (exact) mass is 643 g/mol. The van der Waals surface area contributed by atoms with Gasteiger partial charge in [0.1, 0.15) is 6.61 Å². The van der Waals surface area contributed by atoms with Gasteiger partial charge in [-0.1, -0.05) is 13.3 Å². The molecular formula is C30H54KNO11.